The minimum atomic E-state index is -0.270. The van der Waals surface area contributed by atoms with E-state index in [1.54, 1.807) is 12.1 Å². The van der Waals surface area contributed by atoms with Crippen LogP contribution in [0, 0.1) is 5.82 Å². The number of carbonyl (C=O) groups excluding carboxylic acids is 1. The normalized spacial score (nSPS) is 13.4. The number of anilines is 1. The first-order chi connectivity index (χ1) is 11.0. The summed E-state index contributed by atoms with van der Waals surface area (Å²) in [5, 5.41) is 2.76. The van der Waals surface area contributed by atoms with Crippen molar-refractivity contribution in [2.45, 2.75) is 43.3 Å². The molecule has 0 bridgehead atoms. The van der Waals surface area contributed by atoms with Crippen molar-refractivity contribution in [2.75, 3.05) is 5.32 Å². The van der Waals surface area contributed by atoms with Gasteiger partial charge in [0.15, 0.2) is 0 Å². The van der Waals surface area contributed by atoms with E-state index in [4.69, 9.17) is 0 Å². The highest BCUT2D eigenvalue weighted by molar-refractivity contribution is 8.00. The Morgan fingerprint density at radius 2 is 1.78 bits per heavy atom. The molecule has 1 amide bonds. The average Bonchev–Trinajstić information content (AvgIpc) is 2.56. The van der Waals surface area contributed by atoms with Crippen molar-refractivity contribution in [1.29, 1.82) is 0 Å². The molecule has 2 aromatic carbocycles. The molecule has 0 aliphatic carbocycles. The number of halogens is 1. The van der Waals surface area contributed by atoms with Crippen molar-refractivity contribution < 1.29 is 9.18 Å². The summed E-state index contributed by atoms with van der Waals surface area (Å²) in [5.74, 6) is 0.0792. The van der Waals surface area contributed by atoms with Crippen molar-refractivity contribution >= 4 is 23.4 Å². The average molecular weight is 331 g/mol. The van der Waals surface area contributed by atoms with Crippen molar-refractivity contribution in [3.63, 3.8) is 0 Å². The van der Waals surface area contributed by atoms with Gasteiger partial charge in [-0.2, -0.15) is 0 Å². The summed E-state index contributed by atoms with van der Waals surface area (Å²) in [6.07, 6.45) is 1.02. The Morgan fingerprint density at radius 1 is 1.13 bits per heavy atom. The summed E-state index contributed by atoms with van der Waals surface area (Å²) in [4.78, 5) is 13.3. The first-order valence-electron chi connectivity index (χ1n) is 7.83. The molecule has 0 aliphatic heterocycles. The summed E-state index contributed by atoms with van der Waals surface area (Å²) in [5.41, 5.74) is 2.03. The highest BCUT2D eigenvalue weighted by Crippen LogP contribution is 2.28. The summed E-state index contributed by atoms with van der Waals surface area (Å²) < 4.78 is 12.9. The maximum absolute atomic E-state index is 12.9. The lowest BCUT2D eigenvalue weighted by atomic mass is 9.97. The lowest BCUT2D eigenvalue weighted by Crippen LogP contribution is -2.23. The SMILES string of the molecule is CC[C@H](C)c1ccccc1NC(=O)[C@@H](C)Sc1ccc(F)cc1. The van der Waals surface area contributed by atoms with Crippen molar-refractivity contribution in [2.24, 2.45) is 0 Å². The Hall–Kier alpha value is -1.81. The molecule has 2 nitrogen and oxygen atoms in total. The molecule has 0 fully saturated rings. The standard InChI is InChI=1S/C19H22FNOS/c1-4-13(2)17-7-5-6-8-18(17)21-19(22)14(3)23-16-11-9-15(20)10-12-16/h5-14H,4H2,1-3H3,(H,21,22)/t13-,14+/m0/s1. The van der Waals surface area contributed by atoms with Gasteiger partial charge < -0.3 is 5.32 Å². The zero-order chi connectivity index (χ0) is 16.8. The predicted octanol–water partition coefficient (Wildman–Crippen LogP) is 5.46. The number of carbonyl (C=O) groups is 1. The summed E-state index contributed by atoms with van der Waals surface area (Å²) >= 11 is 1.42. The van der Waals surface area contributed by atoms with E-state index in [-0.39, 0.29) is 17.0 Å². The first kappa shape index (κ1) is 17.5. The molecule has 0 aromatic heterocycles. The van der Waals surface area contributed by atoms with Gasteiger partial charge in [-0.3, -0.25) is 4.79 Å². The van der Waals surface area contributed by atoms with Crippen molar-refractivity contribution in [1.82, 2.24) is 0 Å². The number of nitrogens with one attached hydrogen (secondary N) is 1. The number of hydrogen-bond acceptors (Lipinski definition) is 2. The minimum absolute atomic E-state index is 0.0462. The van der Waals surface area contributed by atoms with E-state index in [2.05, 4.69) is 25.2 Å². The Balaban J connectivity index is 2.05. The molecule has 2 rings (SSSR count). The van der Waals surface area contributed by atoms with Crippen LogP contribution in [0.5, 0.6) is 0 Å². The van der Waals surface area contributed by atoms with Gasteiger partial charge in [0.05, 0.1) is 5.25 Å². The molecule has 2 atom stereocenters. The molecule has 0 saturated heterocycles. The van der Waals surface area contributed by atoms with Crippen LogP contribution in [-0.2, 0) is 4.79 Å². The van der Waals surface area contributed by atoms with Gasteiger partial charge in [0.1, 0.15) is 5.82 Å². The van der Waals surface area contributed by atoms with E-state index in [1.165, 1.54) is 23.9 Å². The molecule has 0 heterocycles. The van der Waals surface area contributed by atoms with Crippen LogP contribution < -0.4 is 5.32 Å². The largest absolute Gasteiger partial charge is 0.325 e. The maximum Gasteiger partial charge on any atom is 0.237 e. The quantitative estimate of drug-likeness (QED) is 0.712. The smallest absolute Gasteiger partial charge is 0.237 e. The van der Waals surface area contributed by atoms with Gasteiger partial charge in [0, 0.05) is 10.6 Å². The van der Waals surface area contributed by atoms with Gasteiger partial charge >= 0.3 is 0 Å². The number of rotatable bonds is 6. The van der Waals surface area contributed by atoms with Crippen LogP contribution in [0.25, 0.3) is 0 Å². The molecule has 23 heavy (non-hydrogen) atoms. The van der Waals surface area contributed by atoms with E-state index in [9.17, 15) is 9.18 Å². The molecule has 0 radical (unpaired) electrons. The molecule has 0 unspecified atom stereocenters. The fraction of sp³-hybridized carbons (Fsp3) is 0.316. The third-order valence-corrected chi connectivity index (χ3v) is 4.97. The van der Waals surface area contributed by atoms with E-state index in [0.29, 0.717) is 5.92 Å². The van der Waals surface area contributed by atoms with Crippen LogP contribution in [0.3, 0.4) is 0 Å². The number of benzene rings is 2. The zero-order valence-corrected chi connectivity index (χ0v) is 14.5. The molecular formula is C19H22FNOS. The van der Waals surface area contributed by atoms with Crippen molar-refractivity contribution in [3.05, 3.63) is 59.9 Å². The maximum atomic E-state index is 12.9. The molecule has 0 saturated carbocycles. The lowest BCUT2D eigenvalue weighted by molar-refractivity contribution is -0.115. The molecule has 4 heteroatoms. The highest BCUT2D eigenvalue weighted by atomic mass is 32.2. The van der Waals surface area contributed by atoms with Gasteiger partial charge in [-0.25, -0.2) is 4.39 Å². The van der Waals surface area contributed by atoms with Gasteiger partial charge in [0.25, 0.3) is 0 Å². The molecule has 0 aliphatic rings. The van der Waals surface area contributed by atoms with Crippen LogP contribution in [-0.4, -0.2) is 11.2 Å². The second-order valence-electron chi connectivity index (χ2n) is 5.60. The highest BCUT2D eigenvalue weighted by Gasteiger charge is 2.17. The minimum Gasteiger partial charge on any atom is -0.325 e. The van der Waals surface area contributed by atoms with Gasteiger partial charge in [-0.05, 0) is 55.2 Å². The Kier molecular flexibility index (Phi) is 6.22. The second-order valence-corrected chi connectivity index (χ2v) is 7.01. The third-order valence-electron chi connectivity index (χ3n) is 3.86. The first-order valence-corrected chi connectivity index (χ1v) is 8.71. The predicted molar refractivity (Wildman–Crippen MR) is 95.5 cm³/mol. The van der Waals surface area contributed by atoms with Crippen LogP contribution >= 0.6 is 11.8 Å². The zero-order valence-electron chi connectivity index (χ0n) is 13.7. The molecular weight excluding hydrogens is 309 g/mol. The van der Waals surface area contributed by atoms with E-state index in [1.807, 2.05) is 25.1 Å². The van der Waals surface area contributed by atoms with Gasteiger partial charge in [0.2, 0.25) is 5.91 Å². The summed E-state index contributed by atoms with van der Waals surface area (Å²) in [6.45, 7) is 6.15. The van der Waals surface area contributed by atoms with Crippen LogP contribution in [0.2, 0.25) is 0 Å². The molecule has 1 N–H and O–H groups in total. The van der Waals surface area contributed by atoms with E-state index < -0.39 is 0 Å². The van der Waals surface area contributed by atoms with E-state index in [0.717, 1.165) is 22.6 Å². The molecule has 122 valence electrons. The number of para-hydroxylation sites is 1. The lowest BCUT2D eigenvalue weighted by Gasteiger charge is -2.17. The fourth-order valence-electron chi connectivity index (χ4n) is 2.27. The fourth-order valence-corrected chi connectivity index (χ4v) is 3.13. The van der Waals surface area contributed by atoms with Crippen LogP contribution in [0.15, 0.2) is 53.4 Å². The Morgan fingerprint density at radius 3 is 2.43 bits per heavy atom. The number of thioether (sulfide) groups is 1. The summed E-state index contributed by atoms with van der Waals surface area (Å²) in [7, 11) is 0. The van der Waals surface area contributed by atoms with Gasteiger partial charge in [-0.1, -0.05) is 32.0 Å². The second kappa shape index (κ2) is 8.16. The Labute approximate surface area is 141 Å². The van der Waals surface area contributed by atoms with Crippen molar-refractivity contribution in [3.8, 4) is 0 Å². The van der Waals surface area contributed by atoms with Crippen LogP contribution in [0.4, 0.5) is 10.1 Å². The number of hydrogen-bond donors (Lipinski definition) is 1. The monoisotopic (exact) mass is 331 g/mol. The topological polar surface area (TPSA) is 29.1 Å². The number of amides is 1. The van der Waals surface area contributed by atoms with E-state index >= 15 is 0 Å². The molecule has 2 aromatic rings. The third kappa shape index (κ3) is 4.83. The van der Waals surface area contributed by atoms with Crippen LogP contribution in [0.1, 0.15) is 38.7 Å². The van der Waals surface area contributed by atoms with Gasteiger partial charge in [-0.15, -0.1) is 11.8 Å². The Bertz CT molecular complexity index is 657. The molecule has 0 spiro atoms. The summed E-state index contributed by atoms with van der Waals surface area (Å²) in [6, 6.07) is 14.1.